The van der Waals surface area contributed by atoms with Gasteiger partial charge >= 0.3 is 0 Å². The Morgan fingerprint density at radius 2 is 2.00 bits per heavy atom. The lowest BCUT2D eigenvalue weighted by molar-refractivity contribution is -0.0206. The number of nitrogens with zero attached hydrogens (tertiary/aromatic N) is 3. The molecular formula is C21H21F2N3O4S. The Labute approximate surface area is 178 Å². The van der Waals surface area contributed by atoms with Crippen LogP contribution in [0.15, 0.2) is 60.0 Å². The molecule has 0 saturated carbocycles. The van der Waals surface area contributed by atoms with Crippen molar-refractivity contribution in [2.45, 2.75) is 30.4 Å². The number of hydrogen-bond donors (Lipinski definition) is 0. The molecule has 7 nitrogen and oxygen atoms in total. The maximum Gasteiger partial charge on any atom is 0.296 e. The molecule has 10 heteroatoms. The predicted octanol–water partition coefficient (Wildman–Crippen LogP) is 3.20. The van der Waals surface area contributed by atoms with E-state index in [2.05, 4.69) is 10.1 Å². The van der Waals surface area contributed by atoms with E-state index in [0.717, 1.165) is 17.7 Å². The van der Waals surface area contributed by atoms with E-state index in [-0.39, 0.29) is 42.6 Å². The average Bonchev–Trinajstić information content (AvgIpc) is 3.38. The quantitative estimate of drug-likeness (QED) is 0.515. The second kappa shape index (κ2) is 8.45. The van der Waals surface area contributed by atoms with Crippen LogP contribution in [0.4, 0.5) is 8.78 Å². The Morgan fingerprint density at radius 3 is 2.68 bits per heavy atom. The number of ether oxygens (including phenoxy) is 1. The smallest absolute Gasteiger partial charge is 0.296 e. The van der Waals surface area contributed by atoms with Gasteiger partial charge in [-0.15, -0.1) is 0 Å². The molecule has 3 aromatic rings. The maximum absolute atomic E-state index is 14.6. The van der Waals surface area contributed by atoms with Gasteiger partial charge in [0.25, 0.3) is 10.1 Å². The highest BCUT2D eigenvalue weighted by Gasteiger charge is 2.45. The molecule has 4 rings (SSSR count). The summed E-state index contributed by atoms with van der Waals surface area (Å²) in [4.78, 5) is 3.96. The minimum atomic E-state index is -3.94. The van der Waals surface area contributed by atoms with Crippen LogP contribution in [-0.2, 0) is 31.2 Å². The van der Waals surface area contributed by atoms with E-state index < -0.39 is 27.4 Å². The first kappa shape index (κ1) is 21.5. The zero-order valence-corrected chi connectivity index (χ0v) is 17.6. The second-order valence-corrected chi connectivity index (χ2v) is 9.26. The van der Waals surface area contributed by atoms with Gasteiger partial charge < -0.3 is 4.74 Å². The molecule has 0 amide bonds. The molecule has 2 aromatic carbocycles. The molecule has 31 heavy (non-hydrogen) atoms. The molecule has 0 bridgehead atoms. The zero-order valence-electron chi connectivity index (χ0n) is 16.7. The van der Waals surface area contributed by atoms with Crippen LogP contribution >= 0.6 is 0 Å². The first-order valence-electron chi connectivity index (χ1n) is 9.65. The summed E-state index contributed by atoms with van der Waals surface area (Å²) in [5.41, 5.74) is -0.0525. The summed E-state index contributed by atoms with van der Waals surface area (Å²) in [7, 11) is -3.94. The minimum absolute atomic E-state index is 0.0653. The van der Waals surface area contributed by atoms with Gasteiger partial charge in [0, 0.05) is 17.5 Å². The van der Waals surface area contributed by atoms with Gasteiger partial charge in [-0.2, -0.15) is 13.5 Å². The highest BCUT2D eigenvalue weighted by atomic mass is 32.2. The number of rotatable bonds is 7. The summed E-state index contributed by atoms with van der Waals surface area (Å²) in [6.07, 6.45) is 3.08. The van der Waals surface area contributed by atoms with Crippen LogP contribution in [0, 0.1) is 24.5 Å². The van der Waals surface area contributed by atoms with Crippen molar-refractivity contribution in [2.75, 3.05) is 13.2 Å². The molecule has 2 heterocycles. The summed E-state index contributed by atoms with van der Waals surface area (Å²) < 4.78 is 65.8. The molecular weight excluding hydrogens is 428 g/mol. The molecule has 0 aliphatic carbocycles. The molecule has 1 aliphatic rings. The number of halogens is 2. The lowest BCUT2D eigenvalue weighted by Gasteiger charge is -2.29. The van der Waals surface area contributed by atoms with E-state index in [0.29, 0.717) is 0 Å². The SMILES string of the molecule is Cc1ccc(S(=O)(=O)OCC2CO[C@@](Cn3cncn3)(c3ccc(F)cc3F)C2)cc1. The topological polar surface area (TPSA) is 83.3 Å². The summed E-state index contributed by atoms with van der Waals surface area (Å²) >= 11 is 0. The molecule has 1 unspecified atom stereocenters. The molecule has 1 aromatic heterocycles. The van der Waals surface area contributed by atoms with Crippen molar-refractivity contribution in [3.05, 3.63) is 77.9 Å². The summed E-state index contributed by atoms with van der Waals surface area (Å²) in [5, 5.41) is 4.06. The first-order chi connectivity index (χ1) is 14.8. The van der Waals surface area contributed by atoms with Crippen molar-refractivity contribution in [3.63, 3.8) is 0 Å². The largest absolute Gasteiger partial charge is 0.368 e. The maximum atomic E-state index is 14.6. The lowest BCUT2D eigenvalue weighted by atomic mass is 9.87. The van der Waals surface area contributed by atoms with Crippen molar-refractivity contribution < 1.29 is 26.1 Å². The Balaban J connectivity index is 1.53. The third kappa shape index (κ3) is 4.65. The van der Waals surface area contributed by atoms with Gasteiger partial charge in [-0.1, -0.05) is 23.8 Å². The number of hydrogen-bond acceptors (Lipinski definition) is 6. The van der Waals surface area contributed by atoms with Gasteiger partial charge in [-0.25, -0.2) is 18.4 Å². The molecule has 0 radical (unpaired) electrons. The van der Waals surface area contributed by atoms with Gasteiger partial charge in [0.2, 0.25) is 0 Å². The first-order valence-corrected chi connectivity index (χ1v) is 11.1. The third-order valence-electron chi connectivity index (χ3n) is 5.29. The van der Waals surface area contributed by atoms with Gasteiger partial charge in [0.1, 0.15) is 29.9 Å². The van der Waals surface area contributed by atoms with Crippen molar-refractivity contribution in [1.82, 2.24) is 14.8 Å². The average molecular weight is 449 g/mol. The molecule has 1 fully saturated rings. The molecule has 2 atom stereocenters. The van der Waals surface area contributed by atoms with Gasteiger partial charge in [0.05, 0.1) is 24.7 Å². The molecule has 1 saturated heterocycles. The van der Waals surface area contributed by atoms with E-state index in [1.54, 1.807) is 12.1 Å². The molecule has 0 spiro atoms. The normalized spacial score (nSPS) is 21.5. The monoisotopic (exact) mass is 449 g/mol. The Hall–Kier alpha value is -2.69. The standard InChI is InChI=1S/C21H21F2N3O4S/c1-15-2-5-18(6-3-15)31(27,28)30-11-16-9-21(29-10-16,12-26-14-24-13-25-26)19-7-4-17(22)8-20(19)23/h2-8,13-14,16H,9-12H2,1H3/t16?,21-/m0/s1. The van der Waals surface area contributed by atoms with E-state index in [9.17, 15) is 17.2 Å². The summed E-state index contributed by atoms with van der Waals surface area (Å²) in [6, 6.07) is 9.65. The van der Waals surface area contributed by atoms with Crippen LogP contribution < -0.4 is 0 Å². The summed E-state index contributed by atoms with van der Waals surface area (Å²) in [6.45, 7) is 2.01. The number of aryl methyl sites for hydroxylation is 1. The molecule has 0 N–H and O–H groups in total. The van der Waals surface area contributed by atoms with Crippen LogP contribution in [0.1, 0.15) is 17.5 Å². The van der Waals surface area contributed by atoms with Crippen LogP contribution in [0.3, 0.4) is 0 Å². The van der Waals surface area contributed by atoms with E-state index in [1.807, 2.05) is 6.92 Å². The fraction of sp³-hybridized carbons (Fsp3) is 0.333. The van der Waals surface area contributed by atoms with Crippen molar-refractivity contribution in [2.24, 2.45) is 5.92 Å². The minimum Gasteiger partial charge on any atom is -0.368 e. The number of benzene rings is 2. The van der Waals surface area contributed by atoms with Crippen LogP contribution in [0.25, 0.3) is 0 Å². The zero-order chi connectivity index (χ0) is 22.1. The second-order valence-electron chi connectivity index (χ2n) is 7.64. The van der Waals surface area contributed by atoms with Crippen molar-refractivity contribution in [3.8, 4) is 0 Å². The fourth-order valence-electron chi connectivity index (χ4n) is 3.75. The Morgan fingerprint density at radius 1 is 1.23 bits per heavy atom. The Kier molecular flexibility index (Phi) is 5.87. The van der Waals surface area contributed by atoms with E-state index in [1.165, 1.54) is 35.5 Å². The van der Waals surface area contributed by atoms with Crippen LogP contribution in [0.2, 0.25) is 0 Å². The lowest BCUT2D eigenvalue weighted by Crippen LogP contribution is -2.32. The van der Waals surface area contributed by atoms with Gasteiger partial charge in [0.15, 0.2) is 0 Å². The predicted molar refractivity (Wildman–Crippen MR) is 106 cm³/mol. The van der Waals surface area contributed by atoms with Crippen molar-refractivity contribution in [1.29, 1.82) is 0 Å². The van der Waals surface area contributed by atoms with Gasteiger partial charge in [-0.05, 0) is 31.5 Å². The Bertz CT molecular complexity index is 1150. The van der Waals surface area contributed by atoms with E-state index in [4.69, 9.17) is 8.92 Å². The van der Waals surface area contributed by atoms with Crippen LogP contribution in [-0.4, -0.2) is 36.4 Å². The third-order valence-corrected chi connectivity index (χ3v) is 6.58. The fourth-order valence-corrected chi connectivity index (χ4v) is 4.72. The number of aromatic nitrogens is 3. The highest BCUT2D eigenvalue weighted by molar-refractivity contribution is 7.86. The van der Waals surface area contributed by atoms with Gasteiger partial charge in [-0.3, -0.25) is 4.18 Å². The molecule has 1 aliphatic heterocycles. The van der Waals surface area contributed by atoms with Crippen molar-refractivity contribution >= 4 is 10.1 Å². The highest BCUT2D eigenvalue weighted by Crippen LogP contribution is 2.42. The van der Waals surface area contributed by atoms with Crippen LogP contribution in [0.5, 0.6) is 0 Å². The molecule has 164 valence electrons. The van der Waals surface area contributed by atoms with E-state index >= 15 is 0 Å². The summed E-state index contributed by atoms with van der Waals surface area (Å²) in [5.74, 6) is -1.76.